The first-order valence-electron chi connectivity index (χ1n) is 10.4. The van der Waals surface area contributed by atoms with Gasteiger partial charge in [0.25, 0.3) is 0 Å². The number of rotatable bonds is 6. The minimum absolute atomic E-state index is 0.00602. The van der Waals surface area contributed by atoms with E-state index in [1.54, 1.807) is 0 Å². The Morgan fingerprint density at radius 3 is 2.31 bits per heavy atom. The second-order valence-corrected chi connectivity index (χ2v) is 7.81. The van der Waals surface area contributed by atoms with Crippen LogP contribution < -0.4 is 19.6 Å². The van der Waals surface area contributed by atoms with Gasteiger partial charge in [-0.2, -0.15) is 0 Å². The highest BCUT2D eigenvalue weighted by Crippen LogP contribution is 2.39. The molecule has 1 aliphatic heterocycles. The normalized spacial score (nSPS) is 24.3. The fraction of sp³-hybridized carbons (Fsp3) is 0.348. The lowest BCUT2D eigenvalue weighted by Crippen LogP contribution is -2.60. The fourth-order valence-corrected chi connectivity index (χ4v) is 3.81. The molecule has 12 heteroatoms. The van der Waals surface area contributed by atoms with Gasteiger partial charge in [-0.25, -0.2) is 0 Å². The third kappa shape index (κ3) is 4.33. The zero-order valence-corrected chi connectivity index (χ0v) is 18.6. The number of hydrogen-bond acceptors (Lipinski definition) is 12. The molecule has 0 radical (unpaired) electrons. The molecule has 5 atom stereocenters. The van der Waals surface area contributed by atoms with Crippen molar-refractivity contribution in [1.82, 2.24) is 0 Å². The largest absolute Gasteiger partial charge is 0.504 e. The predicted octanol–water partition coefficient (Wildman–Crippen LogP) is 0.0671. The fourth-order valence-electron chi connectivity index (χ4n) is 3.81. The first kappa shape index (κ1) is 24.6. The molecule has 0 unspecified atom stereocenters. The molecular formula is C23H24O12. The first-order valence-corrected chi connectivity index (χ1v) is 10.4. The summed E-state index contributed by atoms with van der Waals surface area (Å²) in [4.78, 5) is 13.2. The van der Waals surface area contributed by atoms with Crippen LogP contribution in [0, 0.1) is 0 Å². The summed E-state index contributed by atoms with van der Waals surface area (Å²) in [5.41, 5.74) is -0.375. The number of ether oxygens (including phenoxy) is 4. The van der Waals surface area contributed by atoms with Crippen molar-refractivity contribution in [3.05, 3.63) is 40.6 Å². The van der Waals surface area contributed by atoms with Crippen LogP contribution in [0.3, 0.4) is 0 Å². The average molecular weight is 492 g/mol. The molecule has 1 fully saturated rings. The van der Waals surface area contributed by atoms with E-state index >= 15 is 0 Å². The molecule has 0 saturated carbocycles. The molecule has 188 valence electrons. The Morgan fingerprint density at radius 1 is 0.943 bits per heavy atom. The molecule has 2 heterocycles. The van der Waals surface area contributed by atoms with Crippen LogP contribution in [0.5, 0.6) is 28.7 Å². The van der Waals surface area contributed by atoms with Crippen molar-refractivity contribution < 1.29 is 54.0 Å². The van der Waals surface area contributed by atoms with E-state index in [0.717, 1.165) is 0 Å². The molecule has 4 rings (SSSR count). The molecular weight excluding hydrogens is 468 g/mol. The maximum Gasteiger partial charge on any atom is 0.239 e. The average Bonchev–Trinajstić information content (AvgIpc) is 2.85. The number of hydrogen-bond donors (Lipinski definition) is 6. The summed E-state index contributed by atoms with van der Waals surface area (Å²) in [5, 5.41) is 59.1. The minimum atomic E-state index is -1.66. The Labute approximate surface area is 197 Å². The molecule has 35 heavy (non-hydrogen) atoms. The monoisotopic (exact) mass is 492 g/mol. The molecule has 1 aromatic heterocycles. The molecule has 0 aliphatic carbocycles. The second-order valence-electron chi connectivity index (χ2n) is 7.81. The third-order valence-corrected chi connectivity index (χ3v) is 5.65. The van der Waals surface area contributed by atoms with Gasteiger partial charge in [0, 0.05) is 17.7 Å². The van der Waals surface area contributed by atoms with Gasteiger partial charge in [0.2, 0.25) is 17.5 Å². The van der Waals surface area contributed by atoms with E-state index in [4.69, 9.17) is 23.4 Å². The number of aliphatic hydroxyl groups is 4. The summed E-state index contributed by atoms with van der Waals surface area (Å²) < 4.78 is 27.5. The number of phenolic OH excluding ortho intramolecular Hbond substituents is 2. The first-order chi connectivity index (χ1) is 16.7. The van der Waals surface area contributed by atoms with Gasteiger partial charge in [0.1, 0.15) is 46.9 Å². The zero-order chi connectivity index (χ0) is 25.4. The molecule has 1 saturated heterocycles. The van der Waals surface area contributed by atoms with E-state index in [1.807, 2.05) is 0 Å². The predicted molar refractivity (Wildman–Crippen MR) is 119 cm³/mol. The van der Waals surface area contributed by atoms with Crippen LogP contribution in [-0.2, 0) is 4.74 Å². The molecule has 1 aliphatic rings. The number of fused-ring (bicyclic) bond motifs is 1. The summed E-state index contributed by atoms with van der Waals surface area (Å²) in [6.45, 7) is -0.636. The van der Waals surface area contributed by atoms with Crippen LogP contribution in [-0.4, -0.2) is 82.2 Å². The van der Waals surface area contributed by atoms with Gasteiger partial charge in [-0.05, 0) is 18.2 Å². The van der Waals surface area contributed by atoms with E-state index in [-0.39, 0.29) is 45.3 Å². The lowest BCUT2D eigenvalue weighted by atomic mass is 9.99. The summed E-state index contributed by atoms with van der Waals surface area (Å²) in [6, 6.07) is 6.45. The number of benzene rings is 2. The molecule has 2 aromatic carbocycles. The van der Waals surface area contributed by atoms with Gasteiger partial charge >= 0.3 is 0 Å². The second kappa shape index (κ2) is 9.60. The number of phenols is 2. The van der Waals surface area contributed by atoms with Crippen LogP contribution in [0.15, 0.2) is 39.5 Å². The van der Waals surface area contributed by atoms with Crippen molar-refractivity contribution >= 4 is 11.0 Å². The highest BCUT2D eigenvalue weighted by molar-refractivity contribution is 5.88. The standard InChI is InChI=1S/C23H24O12/c1-31-13-6-10(33-23-20(30)19(29)17(27)15(8-24)35-23)7-14-16(13)18(28)22(32-2)21(34-14)9-3-4-11(25)12(26)5-9/h3-7,15,17,19-20,23-27,29-30H,8H2,1-2H3/t15-,17-,19+,20-,23-/m1/s1. The number of aliphatic hydroxyl groups excluding tert-OH is 4. The van der Waals surface area contributed by atoms with Crippen LogP contribution in [0.1, 0.15) is 0 Å². The quantitative estimate of drug-likeness (QED) is 0.254. The lowest BCUT2D eigenvalue weighted by molar-refractivity contribution is -0.277. The van der Waals surface area contributed by atoms with Crippen molar-refractivity contribution in [3.63, 3.8) is 0 Å². The zero-order valence-electron chi connectivity index (χ0n) is 18.6. The van der Waals surface area contributed by atoms with Crippen molar-refractivity contribution in [3.8, 4) is 40.1 Å². The molecule has 3 aromatic rings. The van der Waals surface area contributed by atoms with Crippen molar-refractivity contribution in [2.75, 3.05) is 20.8 Å². The summed E-state index contributed by atoms with van der Waals surface area (Å²) in [5.74, 6) is -0.992. The maximum absolute atomic E-state index is 13.2. The maximum atomic E-state index is 13.2. The van der Waals surface area contributed by atoms with Crippen LogP contribution in [0.4, 0.5) is 0 Å². The van der Waals surface area contributed by atoms with Crippen LogP contribution >= 0.6 is 0 Å². The molecule has 0 bridgehead atoms. The van der Waals surface area contributed by atoms with E-state index in [2.05, 4.69) is 0 Å². The van der Waals surface area contributed by atoms with Crippen molar-refractivity contribution in [1.29, 1.82) is 0 Å². The molecule has 6 N–H and O–H groups in total. The van der Waals surface area contributed by atoms with E-state index < -0.39 is 48.5 Å². The van der Waals surface area contributed by atoms with E-state index in [9.17, 15) is 35.4 Å². The summed E-state index contributed by atoms with van der Waals surface area (Å²) in [6.07, 6.45) is -7.53. The third-order valence-electron chi connectivity index (χ3n) is 5.65. The highest BCUT2D eigenvalue weighted by Gasteiger charge is 2.44. The van der Waals surface area contributed by atoms with Gasteiger partial charge < -0.3 is 54.0 Å². The molecule has 12 nitrogen and oxygen atoms in total. The lowest BCUT2D eigenvalue weighted by Gasteiger charge is -2.39. The Kier molecular flexibility index (Phi) is 6.74. The minimum Gasteiger partial charge on any atom is -0.504 e. The Balaban J connectivity index is 1.82. The highest BCUT2D eigenvalue weighted by atomic mass is 16.7. The van der Waals surface area contributed by atoms with Crippen LogP contribution in [0.2, 0.25) is 0 Å². The Bertz CT molecular complexity index is 1280. The topological polar surface area (TPSA) is 189 Å². The van der Waals surface area contributed by atoms with Crippen molar-refractivity contribution in [2.24, 2.45) is 0 Å². The number of aromatic hydroxyl groups is 2. The van der Waals surface area contributed by atoms with E-state index in [1.165, 1.54) is 44.6 Å². The number of methoxy groups -OCH3 is 2. The Morgan fingerprint density at radius 2 is 1.69 bits per heavy atom. The van der Waals surface area contributed by atoms with Gasteiger partial charge in [-0.1, -0.05) is 0 Å². The smallest absolute Gasteiger partial charge is 0.239 e. The summed E-state index contributed by atoms with van der Waals surface area (Å²) in [7, 11) is 2.58. The Hall–Kier alpha value is -3.55. The SMILES string of the molecule is COc1c(-c2ccc(O)c(O)c2)oc2cc(O[C@@H]3O[C@H](CO)[C@@H](O)[C@H](O)[C@H]3O)cc(OC)c2c1=O. The molecule has 0 amide bonds. The van der Waals surface area contributed by atoms with Gasteiger partial charge in [-0.15, -0.1) is 0 Å². The van der Waals surface area contributed by atoms with Crippen molar-refractivity contribution in [2.45, 2.75) is 30.7 Å². The van der Waals surface area contributed by atoms with Gasteiger partial charge in [0.15, 0.2) is 17.3 Å². The summed E-state index contributed by atoms with van der Waals surface area (Å²) >= 11 is 0. The van der Waals surface area contributed by atoms with Crippen LogP contribution in [0.25, 0.3) is 22.3 Å². The van der Waals surface area contributed by atoms with Gasteiger partial charge in [0.05, 0.1) is 20.8 Å². The van der Waals surface area contributed by atoms with E-state index in [0.29, 0.717) is 0 Å². The molecule has 0 spiro atoms. The van der Waals surface area contributed by atoms with Gasteiger partial charge in [-0.3, -0.25) is 4.79 Å².